The quantitative estimate of drug-likeness (QED) is 0.776. The topological polar surface area (TPSA) is 67.4 Å². The fourth-order valence-corrected chi connectivity index (χ4v) is 4.48. The van der Waals surface area contributed by atoms with Crippen molar-refractivity contribution in [3.63, 3.8) is 0 Å². The van der Waals surface area contributed by atoms with Crippen molar-refractivity contribution in [3.05, 3.63) is 45.2 Å². The number of fused-ring (bicyclic) bond motifs is 1. The van der Waals surface area contributed by atoms with Gasteiger partial charge in [0.15, 0.2) is 0 Å². The maximum atomic E-state index is 12.3. The number of aromatic nitrogens is 3. The molecule has 0 radical (unpaired) electrons. The van der Waals surface area contributed by atoms with Crippen LogP contribution in [-0.4, -0.2) is 63.2 Å². The Kier molecular flexibility index (Phi) is 5.42. The van der Waals surface area contributed by atoms with Crippen LogP contribution in [0.2, 0.25) is 0 Å². The van der Waals surface area contributed by atoms with Crippen molar-refractivity contribution in [1.29, 1.82) is 0 Å². The van der Waals surface area contributed by atoms with Gasteiger partial charge in [-0.3, -0.25) is 14.6 Å². The highest BCUT2D eigenvalue weighted by Crippen LogP contribution is 2.21. The van der Waals surface area contributed by atoms with E-state index in [0.29, 0.717) is 6.54 Å². The van der Waals surface area contributed by atoms with Crippen molar-refractivity contribution in [2.75, 3.05) is 38.5 Å². The van der Waals surface area contributed by atoms with Crippen molar-refractivity contribution < 1.29 is 4.52 Å². The molecule has 26 heavy (non-hydrogen) atoms. The summed E-state index contributed by atoms with van der Waals surface area (Å²) in [5, 5.41) is 8.46. The lowest BCUT2D eigenvalue weighted by Gasteiger charge is -2.34. The third-order valence-corrected chi connectivity index (χ3v) is 6.25. The van der Waals surface area contributed by atoms with Gasteiger partial charge in [-0.25, -0.2) is 4.68 Å². The Labute approximate surface area is 157 Å². The molecule has 4 rings (SSSR count). The molecule has 1 saturated heterocycles. The molecule has 4 heterocycles. The van der Waals surface area contributed by atoms with Gasteiger partial charge >= 0.3 is 0 Å². The van der Waals surface area contributed by atoms with E-state index in [1.807, 2.05) is 24.9 Å². The third-order valence-electron chi connectivity index (χ3n) is 5.24. The van der Waals surface area contributed by atoms with Gasteiger partial charge in [0.05, 0.1) is 18.4 Å². The molecule has 2 aromatic rings. The first kappa shape index (κ1) is 17.8. The van der Waals surface area contributed by atoms with Gasteiger partial charge in [-0.2, -0.15) is 16.9 Å². The Hall–Kier alpha value is -1.64. The molecule has 0 atom stereocenters. The van der Waals surface area contributed by atoms with Gasteiger partial charge in [0.25, 0.3) is 5.56 Å². The largest absolute Gasteiger partial charge is 0.361 e. The predicted octanol–water partition coefficient (Wildman–Crippen LogP) is 1.15. The van der Waals surface area contributed by atoms with Crippen molar-refractivity contribution in [2.45, 2.75) is 32.2 Å². The minimum Gasteiger partial charge on any atom is -0.361 e. The maximum Gasteiger partial charge on any atom is 0.267 e. The summed E-state index contributed by atoms with van der Waals surface area (Å²) in [5.74, 6) is 2.93. The number of thioether (sulfide) groups is 1. The molecule has 0 aromatic carbocycles. The van der Waals surface area contributed by atoms with Crippen molar-refractivity contribution >= 4 is 11.8 Å². The lowest BCUT2D eigenvalue weighted by molar-refractivity contribution is 0.122. The summed E-state index contributed by atoms with van der Waals surface area (Å²) >= 11 is 1.88. The first-order valence-corrected chi connectivity index (χ1v) is 10.4. The summed E-state index contributed by atoms with van der Waals surface area (Å²) in [6.45, 7) is 8.47. The number of nitrogens with zero attached hydrogens (tertiary/aromatic N) is 5. The Balaban J connectivity index is 1.29. The fourth-order valence-electron chi connectivity index (χ4n) is 3.53. The van der Waals surface area contributed by atoms with Crippen LogP contribution in [0, 0.1) is 6.92 Å². The molecule has 0 amide bonds. The van der Waals surface area contributed by atoms with E-state index in [1.165, 1.54) is 5.56 Å². The van der Waals surface area contributed by atoms with Crippen LogP contribution in [0.1, 0.15) is 22.6 Å². The molecule has 0 bridgehead atoms. The molecule has 8 heteroatoms. The molecule has 140 valence electrons. The molecular formula is C18H25N5O2S. The molecule has 2 aliphatic rings. The van der Waals surface area contributed by atoms with Crippen LogP contribution in [0.15, 0.2) is 21.6 Å². The normalized spacial score (nSPS) is 18.8. The highest BCUT2D eigenvalue weighted by Gasteiger charge is 2.19. The molecule has 0 N–H and O–H groups in total. The average Bonchev–Trinajstić information content (AvgIpc) is 3.06. The molecule has 2 aromatic heterocycles. The number of hydrogen-bond donors (Lipinski definition) is 0. The van der Waals surface area contributed by atoms with E-state index >= 15 is 0 Å². The highest BCUT2D eigenvalue weighted by atomic mass is 32.2. The SMILES string of the molecule is Cc1oncc1CN1CCN(CCn2nc3c(cc2=O)CSCC3)CC1. The molecule has 0 aliphatic carbocycles. The predicted molar refractivity (Wildman–Crippen MR) is 101 cm³/mol. The van der Waals surface area contributed by atoms with Crippen molar-refractivity contribution in [1.82, 2.24) is 24.7 Å². The maximum absolute atomic E-state index is 12.3. The van der Waals surface area contributed by atoms with E-state index < -0.39 is 0 Å². The van der Waals surface area contributed by atoms with Gasteiger partial charge in [-0.05, 0) is 18.2 Å². The fraction of sp³-hybridized carbons (Fsp3) is 0.611. The van der Waals surface area contributed by atoms with Gasteiger partial charge < -0.3 is 4.52 Å². The average molecular weight is 375 g/mol. The zero-order valence-electron chi connectivity index (χ0n) is 15.2. The van der Waals surface area contributed by atoms with Crippen molar-refractivity contribution in [2.24, 2.45) is 0 Å². The second kappa shape index (κ2) is 7.94. The first-order valence-electron chi connectivity index (χ1n) is 9.21. The van der Waals surface area contributed by atoms with Crippen LogP contribution in [0.25, 0.3) is 0 Å². The molecule has 2 aliphatic heterocycles. The van der Waals surface area contributed by atoms with Crippen LogP contribution in [0.4, 0.5) is 0 Å². The molecule has 0 spiro atoms. The van der Waals surface area contributed by atoms with Crippen LogP contribution >= 0.6 is 11.8 Å². The van der Waals surface area contributed by atoms with E-state index in [2.05, 4.69) is 20.1 Å². The van der Waals surface area contributed by atoms with Crippen LogP contribution in [-0.2, 0) is 25.3 Å². The Morgan fingerprint density at radius 3 is 2.77 bits per heavy atom. The van der Waals surface area contributed by atoms with Crippen LogP contribution < -0.4 is 5.56 Å². The molecule has 0 saturated carbocycles. The van der Waals surface area contributed by atoms with Gasteiger partial charge in [-0.15, -0.1) is 0 Å². The first-order chi connectivity index (χ1) is 12.7. The molecular weight excluding hydrogens is 350 g/mol. The van der Waals surface area contributed by atoms with E-state index in [-0.39, 0.29) is 5.56 Å². The molecule has 1 fully saturated rings. The summed E-state index contributed by atoms with van der Waals surface area (Å²) in [6.07, 6.45) is 2.79. The summed E-state index contributed by atoms with van der Waals surface area (Å²) < 4.78 is 6.79. The number of aryl methyl sites for hydroxylation is 2. The lowest BCUT2D eigenvalue weighted by Crippen LogP contribution is -2.47. The Bertz CT molecular complexity index is 810. The molecule has 0 unspecified atom stereocenters. The van der Waals surface area contributed by atoms with E-state index in [9.17, 15) is 4.79 Å². The molecule has 7 nitrogen and oxygen atoms in total. The lowest BCUT2D eigenvalue weighted by atomic mass is 10.2. The number of rotatable bonds is 5. The Morgan fingerprint density at radius 2 is 2.00 bits per heavy atom. The van der Waals surface area contributed by atoms with Gasteiger partial charge in [0.2, 0.25) is 0 Å². The summed E-state index contributed by atoms with van der Waals surface area (Å²) in [5.41, 5.74) is 3.44. The standard InChI is InChI=1S/C18H25N5O2S/c1-14-16(11-19-25-14)12-22-5-3-21(4-6-22)7-8-23-18(24)10-15-13-26-9-2-17(15)20-23/h10-11H,2-9,12-13H2,1H3. The van der Waals surface area contributed by atoms with Gasteiger partial charge in [0.1, 0.15) is 5.76 Å². The smallest absolute Gasteiger partial charge is 0.267 e. The van der Waals surface area contributed by atoms with Gasteiger partial charge in [-0.1, -0.05) is 5.16 Å². The highest BCUT2D eigenvalue weighted by molar-refractivity contribution is 7.98. The second-order valence-corrected chi connectivity index (χ2v) is 8.11. The van der Waals surface area contributed by atoms with E-state index in [4.69, 9.17) is 4.52 Å². The number of hydrogen-bond acceptors (Lipinski definition) is 7. The summed E-state index contributed by atoms with van der Waals surface area (Å²) in [6, 6.07) is 1.79. The minimum absolute atomic E-state index is 0.0350. The third kappa shape index (κ3) is 4.02. The zero-order valence-corrected chi connectivity index (χ0v) is 16.0. The Morgan fingerprint density at radius 1 is 1.19 bits per heavy atom. The van der Waals surface area contributed by atoms with Gasteiger partial charge in [0, 0.05) is 63.1 Å². The minimum atomic E-state index is 0.0350. The summed E-state index contributed by atoms with van der Waals surface area (Å²) in [7, 11) is 0. The van der Waals surface area contributed by atoms with E-state index in [1.54, 1.807) is 10.7 Å². The number of piperazine rings is 1. The monoisotopic (exact) mass is 375 g/mol. The van der Waals surface area contributed by atoms with Crippen molar-refractivity contribution in [3.8, 4) is 0 Å². The summed E-state index contributed by atoms with van der Waals surface area (Å²) in [4.78, 5) is 17.1. The second-order valence-electron chi connectivity index (χ2n) is 7.01. The zero-order chi connectivity index (χ0) is 17.9. The van der Waals surface area contributed by atoms with E-state index in [0.717, 1.165) is 74.2 Å². The van der Waals surface area contributed by atoms with Crippen LogP contribution in [0.3, 0.4) is 0 Å². The van der Waals surface area contributed by atoms with Crippen LogP contribution in [0.5, 0.6) is 0 Å².